The lowest BCUT2D eigenvalue weighted by Gasteiger charge is -2.12. The Bertz CT molecular complexity index is 3860. The summed E-state index contributed by atoms with van der Waals surface area (Å²) in [6.07, 6.45) is 0. The molecule has 4 aromatic heterocycles. The first-order valence-corrected chi connectivity index (χ1v) is 22.6. The van der Waals surface area contributed by atoms with Crippen molar-refractivity contribution in [2.24, 2.45) is 0 Å². The summed E-state index contributed by atoms with van der Waals surface area (Å²) in [7, 11) is 0. The summed E-state index contributed by atoms with van der Waals surface area (Å²) in [6, 6.07) is 79.4. The van der Waals surface area contributed by atoms with E-state index in [-0.39, 0.29) is 0 Å². The molecule has 318 valence electrons. The van der Waals surface area contributed by atoms with Gasteiger partial charge in [0.05, 0.1) is 22.1 Å². The van der Waals surface area contributed by atoms with Crippen LogP contribution in [0.4, 0.5) is 0 Å². The molecule has 0 aliphatic carbocycles. The van der Waals surface area contributed by atoms with E-state index in [9.17, 15) is 0 Å². The van der Waals surface area contributed by atoms with E-state index in [0.717, 1.165) is 66.8 Å². The normalized spacial score (nSPS) is 11.5. The lowest BCUT2D eigenvalue weighted by atomic mass is 10.1. The van der Waals surface area contributed by atoms with Gasteiger partial charge in [-0.15, -0.1) is 0 Å². The lowest BCUT2D eigenvalue weighted by molar-refractivity contribution is 1.07. The van der Waals surface area contributed by atoms with Crippen LogP contribution in [0.25, 0.3) is 123 Å². The van der Waals surface area contributed by atoms with Gasteiger partial charge in [0.1, 0.15) is 0 Å². The number of aromatic nitrogens is 8. The third kappa shape index (κ3) is 6.70. The van der Waals surface area contributed by atoms with E-state index in [1.165, 1.54) is 21.5 Å². The minimum absolute atomic E-state index is 0.617. The van der Waals surface area contributed by atoms with Gasteiger partial charge in [0.2, 0.25) is 0 Å². The number of para-hydroxylation sites is 2. The van der Waals surface area contributed by atoms with Gasteiger partial charge < -0.3 is 9.13 Å². The van der Waals surface area contributed by atoms with Crippen LogP contribution in [0.15, 0.2) is 231 Å². The maximum atomic E-state index is 5.01. The molecule has 0 spiro atoms. The van der Waals surface area contributed by atoms with Gasteiger partial charge in [-0.25, -0.2) is 29.9 Å². The van der Waals surface area contributed by atoms with Crippen molar-refractivity contribution in [2.45, 2.75) is 0 Å². The molecule has 0 N–H and O–H groups in total. The average Bonchev–Trinajstić information content (AvgIpc) is 3.95. The highest BCUT2D eigenvalue weighted by atomic mass is 15.1. The monoisotopic (exact) mass is 870 g/mol. The molecule has 13 rings (SSSR count). The molecule has 0 fully saturated rings. The average molecular weight is 871 g/mol. The van der Waals surface area contributed by atoms with E-state index in [1.54, 1.807) is 0 Å². The molecule has 0 atom stereocenters. The van der Waals surface area contributed by atoms with Gasteiger partial charge in [0.15, 0.2) is 34.9 Å². The Morgan fingerprint density at radius 2 is 0.544 bits per heavy atom. The Kier molecular flexibility index (Phi) is 9.31. The van der Waals surface area contributed by atoms with Crippen LogP contribution in [0.5, 0.6) is 0 Å². The van der Waals surface area contributed by atoms with Gasteiger partial charge in [-0.2, -0.15) is 0 Å². The third-order valence-electron chi connectivity index (χ3n) is 12.6. The number of benzene rings is 9. The topological polar surface area (TPSA) is 87.2 Å². The van der Waals surface area contributed by atoms with E-state index in [0.29, 0.717) is 34.9 Å². The first-order valence-electron chi connectivity index (χ1n) is 22.6. The highest BCUT2D eigenvalue weighted by Gasteiger charge is 2.22. The minimum atomic E-state index is 0.617. The van der Waals surface area contributed by atoms with Crippen LogP contribution >= 0.6 is 0 Å². The maximum absolute atomic E-state index is 5.01. The fourth-order valence-electron chi connectivity index (χ4n) is 9.45. The standard InChI is InChI=1S/C60H38N8/c1-5-17-39(18-6-1)55-61-56(40-19-7-2-8-20-40)64-59(63-55)43-29-33-45(34-30-43)67-51-28-16-14-26-49(51)53-52(67)38-37-48-47-25-13-15-27-50(47)68(54(48)53)46-35-31-44(32-36-46)60-65-57(41-21-9-3-10-22-41)62-58(66-60)42-23-11-4-12-24-42/h1-38H. The summed E-state index contributed by atoms with van der Waals surface area (Å²) in [5, 5.41) is 4.72. The van der Waals surface area contributed by atoms with Crippen LogP contribution in [0.1, 0.15) is 0 Å². The van der Waals surface area contributed by atoms with Crippen molar-refractivity contribution in [3.63, 3.8) is 0 Å². The second-order valence-corrected chi connectivity index (χ2v) is 16.7. The van der Waals surface area contributed by atoms with E-state index >= 15 is 0 Å². The highest BCUT2D eigenvalue weighted by Crippen LogP contribution is 2.42. The number of fused-ring (bicyclic) bond motifs is 7. The predicted molar refractivity (Wildman–Crippen MR) is 275 cm³/mol. The first kappa shape index (κ1) is 39.0. The molecule has 0 bridgehead atoms. The van der Waals surface area contributed by atoms with Crippen molar-refractivity contribution in [1.82, 2.24) is 39.0 Å². The van der Waals surface area contributed by atoms with E-state index < -0.39 is 0 Å². The molecule has 0 radical (unpaired) electrons. The Morgan fingerprint density at radius 1 is 0.221 bits per heavy atom. The molecule has 8 heteroatoms. The molecule has 0 amide bonds. The van der Waals surface area contributed by atoms with Crippen LogP contribution in [0.2, 0.25) is 0 Å². The summed E-state index contributed by atoms with van der Waals surface area (Å²) in [4.78, 5) is 29.8. The maximum Gasteiger partial charge on any atom is 0.164 e. The minimum Gasteiger partial charge on any atom is -0.309 e. The zero-order chi connectivity index (χ0) is 45.0. The van der Waals surface area contributed by atoms with Crippen LogP contribution in [-0.2, 0) is 0 Å². The molecular formula is C60H38N8. The summed E-state index contributed by atoms with van der Waals surface area (Å²) in [5.74, 6) is 3.77. The molecule has 0 aliphatic rings. The molecule has 0 aliphatic heterocycles. The van der Waals surface area contributed by atoms with E-state index in [2.05, 4.69) is 118 Å². The predicted octanol–water partition coefficient (Wildman–Crippen LogP) is 14.3. The molecular weight excluding hydrogens is 833 g/mol. The Labute approximate surface area is 391 Å². The van der Waals surface area contributed by atoms with Gasteiger partial charge in [-0.1, -0.05) is 164 Å². The summed E-state index contributed by atoms with van der Waals surface area (Å²) in [6.45, 7) is 0. The molecule has 4 heterocycles. The number of nitrogens with zero attached hydrogens (tertiary/aromatic N) is 8. The fraction of sp³-hybridized carbons (Fsp3) is 0. The number of hydrogen-bond donors (Lipinski definition) is 0. The van der Waals surface area contributed by atoms with Crippen molar-refractivity contribution in [3.8, 4) is 79.7 Å². The smallest absolute Gasteiger partial charge is 0.164 e. The molecule has 68 heavy (non-hydrogen) atoms. The highest BCUT2D eigenvalue weighted by molar-refractivity contribution is 6.26. The summed E-state index contributed by atoms with van der Waals surface area (Å²) >= 11 is 0. The molecule has 0 unspecified atom stereocenters. The largest absolute Gasteiger partial charge is 0.309 e. The van der Waals surface area contributed by atoms with Gasteiger partial charge in [0, 0.05) is 66.3 Å². The van der Waals surface area contributed by atoms with E-state index in [1.807, 2.05) is 121 Å². The Morgan fingerprint density at radius 3 is 0.956 bits per heavy atom. The second-order valence-electron chi connectivity index (χ2n) is 16.7. The van der Waals surface area contributed by atoms with Crippen LogP contribution in [-0.4, -0.2) is 39.0 Å². The van der Waals surface area contributed by atoms with Gasteiger partial charge in [0.25, 0.3) is 0 Å². The molecule has 9 aromatic carbocycles. The second kappa shape index (κ2) is 16.2. The first-order chi connectivity index (χ1) is 33.7. The van der Waals surface area contributed by atoms with Crippen molar-refractivity contribution < 1.29 is 0 Å². The van der Waals surface area contributed by atoms with Gasteiger partial charge >= 0.3 is 0 Å². The van der Waals surface area contributed by atoms with Gasteiger partial charge in [-0.3, -0.25) is 0 Å². The summed E-state index contributed by atoms with van der Waals surface area (Å²) < 4.78 is 4.77. The zero-order valence-corrected chi connectivity index (χ0v) is 36.5. The van der Waals surface area contributed by atoms with Crippen molar-refractivity contribution in [1.29, 1.82) is 0 Å². The number of hydrogen-bond acceptors (Lipinski definition) is 6. The zero-order valence-electron chi connectivity index (χ0n) is 36.5. The van der Waals surface area contributed by atoms with Crippen molar-refractivity contribution >= 4 is 43.6 Å². The van der Waals surface area contributed by atoms with Gasteiger partial charge in [-0.05, 0) is 66.7 Å². The van der Waals surface area contributed by atoms with Crippen LogP contribution in [0, 0.1) is 0 Å². The quantitative estimate of drug-likeness (QED) is 0.151. The Hall–Kier alpha value is -9.40. The van der Waals surface area contributed by atoms with Crippen molar-refractivity contribution in [3.05, 3.63) is 231 Å². The van der Waals surface area contributed by atoms with Crippen molar-refractivity contribution in [2.75, 3.05) is 0 Å². The van der Waals surface area contributed by atoms with E-state index in [4.69, 9.17) is 29.9 Å². The lowest BCUT2D eigenvalue weighted by Crippen LogP contribution is -2.00. The summed E-state index contributed by atoms with van der Waals surface area (Å²) in [5.41, 5.74) is 12.1. The molecule has 13 aromatic rings. The molecule has 0 saturated carbocycles. The molecule has 8 nitrogen and oxygen atoms in total. The third-order valence-corrected chi connectivity index (χ3v) is 12.6. The fourth-order valence-corrected chi connectivity index (χ4v) is 9.45. The number of rotatable bonds is 8. The Balaban J connectivity index is 0.947. The molecule has 0 saturated heterocycles. The SMILES string of the molecule is c1ccc(-c2nc(-c3ccccc3)nc(-c3ccc(-n4c5ccccc5c5c4ccc4c6ccccc6n(-c6ccc(-c7nc(-c8ccccc8)nc(-c8ccccc8)n7)cc6)c45)cc3)n2)cc1. The van der Waals surface area contributed by atoms with Crippen LogP contribution < -0.4 is 0 Å². The van der Waals surface area contributed by atoms with Crippen LogP contribution in [0.3, 0.4) is 0 Å².